The molecule has 0 spiro atoms. The van der Waals surface area contributed by atoms with E-state index in [2.05, 4.69) is 51.1 Å². The van der Waals surface area contributed by atoms with E-state index in [-0.39, 0.29) is 24.0 Å². The maximum atomic E-state index is 5.43. The number of halogens is 1. The number of hydrogen-bond donors (Lipinski definition) is 2. The van der Waals surface area contributed by atoms with E-state index in [0.717, 1.165) is 89.6 Å². The van der Waals surface area contributed by atoms with Gasteiger partial charge in [0, 0.05) is 52.2 Å². The number of guanidine groups is 1. The summed E-state index contributed by atoms with van der Waals surface area (Å²) in [5, 5.41) is 15.2. The molecule has 1 aliphatic rings. The van der Waals surface area contributed by atoms with Gasteiger partial charge in [0.2, 0.25) is 0 Å². The molecule has 0 bridgehead atoms. The maximum absolute atomic E-state index is 5.43. The largest absolute Gasteiger partial charge is 0.379 e. The van der Waals surface area contributed by atoms with E-state index < -0.39 is 0 Å². The van der Waals surface area contributed by atoms with Crippen molar-refractivity contribution < 1.29 is 4.74 Å². The first kappa shape index (κ1) is 29.1. The fourth-order valence-corrected chi connectivity index (χ4v) is 3.76. The van der Waals surface area contributed by atoms with Crippen molar-refractivity contribution in [2.24, 2.45) is 10.9 Å². The summed E-state index contributed by atoms with van der Waals surface area (Å²) in [5.74, 6) is 2.77. The van der Waals surface area contributed by atoms with Crippen LogP contribution >= 0.6 is 24.0 Å². The van der Waals surface area contributed by atoms with Gasteiger partial charge in [-0.05, 0) is 18.8 Å². The van der Waals surface area contributed by atoms with Crippen molar-refractivity contribution in [2.75, 3.05) is 52.5 Å². The van der Waals surface area contributed by atoms with Crippen molar-refractivity contribution in [3.8, 4) is 0 Å². The van der Waals surface area contributed by atoms with E-state index in [1.807, 2.05) is 6.33 Å². The average molecular weight is 564 g/mol. The molecule has 0 atom stereocenters. The minimum absolute atomic E-state index is 0. The van der Waals surface area contributed by atoms with Gasteiger partial charge in [-0.3, -0.25) is 9.89 Å². The summed E-state index contributed by atoms with van der Waals surface area (Å²) in [7, 11) is 0. The topological polar surface area (TPSA) is 79.6 Å². The predicted octanol–water partition coefficient (Wildman–Crippen LogP) is 3.32. The Morgan fingerprint density at radius 3 is 2.56 bits per heavy atom. The van der Waals surface area contributed by atoms with Crippen molar-refractivity contribution in [1.29, 1.82) is 0 Å². The highest BCUT2D eigenvalue weighted by Gasteiger charge is 2.09. The summed E-state index contributed by atoms with van der Waals surface area (Å²) < 4.78 is 7.54. The molecule has 1 fully saturated rings. The normalized spacial score (nSPS) is 15.1. The molecular formula is C23H46IN7O. The summed E-state index contributed by atoms with van der Waals surface area (Å²) >= 11 is 0. The first-order valence-electron chi connectivity index (χ1n) is 12.4. The average Bonchev–Trinajstić information content (AvgIpc) is 3.23. The molecule has 0 radical (unpaired) electrons. The Morgan fingerprint density at radius 1 is 1.06 bits per heavy atom. The second-order valence-electron chi connectivity index (χ2n) is 8.78. The Labute approximate surface area is 212 Å². The first-order valence-corrected chi connectivity index (χ1v) is 12.4. The molecule has 1 aromatic heterocycles. The summed E-state index contributed by atoms with van der Waals surface area (Å²) in [6, 6.07) is 0. The highest BCUT2D eigenvalue weighted by molar-refractivity contribution is 14.0. The van der Waals surface area contributed by atoms with Crippen molar-refractivity contribution in [2.45, 2.75) is 72.3 Å². The zero-order valence-corrected chi connectivity index (χ0v) is 22.9. The molecule has 8 nitrogen and oxygen atoms in total. The Kier molecular flexibility index (Phi) is 16.8. The van der Waals surface area contributed by atoms with E-state index in [1.165, 1.54) is 32.1 Å². The Balaban J connectivity index is 0.00000512. The number of aromatic nitrogens is 3. The highest BCUT2D eigenvalue weighted by atomic mass is 127. The van der Waals surface area contributed by atoms with Crippen LogP contribution in [0.5, 0.6) is 0 Å². The van der Waals surface area contributed by atoms with E-state index in [4.69, 9.17) is 9.73 Å². The van der Waals surface area contributed by atoms with Gasteiger partial charge in [-0.1, -0.05) is 46.5 Å². The van der Waals surface area contributed by atoms with Crippen molar-refractivity contribution in [3.05, 3.63) is 12.2 Å². The van der Waals surface area contributed by atoms with Crippen LogP contribution in [-0.2, 0) is 17.7 Å². The SMILES string of the molecule is CCc1nncn1CCNC(=NCCCN1CCOCC1)NCCCCCCC(C)C.I. The van der Waals surface area contributed by atoms with E-state index in [1.54, 1.807) is 0 Å². The fourth-order valence-electron chi connectivity index (χ4n) is 3.76. The third kappa shape index (κ3) is 12.9. The monoisotopic (exact) mass is 563 g/mol. The van der Waals surface area contributed by atoms with Gasteiger partial charge >= 0.3 is 0 Å². The lowest BCUT2D eigenvalue weighted by Crippen LogP contribution is -2.40. The van der Waals surface area contributed by atoms with Crippen LogP contribution in [0.15, 0.2) is 11.3 Å². The van der Waals surface area contributed by atoms with Crippen molar-refractivity contribution in [1.82, 2.24) is 30.3 Å². The molecule has 0 saturated carbocycles. The van der Waals surface area contributed by atoms with E-state index in [0.29, 0.717) is 0 Å². The van der Waals surface area contributed by atoms with Gasteiger partial charge in [0.1, 0.15) is 12.2 Å². The Bertz CT molecular complexity index is 603. The standard InChI is InChI=1S/C23H45N7O.HI/c1-4-22-28-27-20-30(22)15-13-26-23(24-11-8-6-5-7-10-21(2)3)25-12-9-14-29-16-18-31-19-17-29;/h20-21H,4-19H2,1-3H3,(H2,24,25,26);1H. The van der Waals surface area contributed by atoms with Gasteiger partial charge in [-0.2, -0.15) is 0 Å². The molecule has 1 aliphatic heterocycles. The predicted molar refractivity (Wildman–Crippen MR) is 143 cm³/mol. The summed E-state index contributed by atoms with van der Waals surface area (Å²) in [6.45, 7) is 15.1. The molecule has 9 heteroatoms. The molecule has 1 aromatic rings. The van der Waals surface area contributed by atoms with Crippen LogP contribution in [0.4, 0.5) is 0 Å². The molecule has 0 amide bonds. The van der Waals surface area contributed by atoms with Crippen LogP contribution in [0, 0.1) is 5.92 Å². The van der Waals surface area contributed by atoms with Crippen LogP contribution in [0.1, 0.15) is 65.1 Å². The molecular weight excluding hydrogens is 517 g/mol. The van der Waals surface area contributed by atoms with Gasteiger partial charge in [0.05, 0.1) is 13.2 Å². The van der Waals surface area contributed by atoms with Gasteiger partial charge in [0.15, 0.2) is 5.96 Å². The number of nitrogens with zero attached hydrogens (tertiary/aromatic N) is 5. The minimum Gasteiger partial charge on any atom is -0.379 e. The lowest BCUT2D eigenvalue weighted by molar-refractivity contribution is 0.0377. The molecule has 2 rings (SSSR count). The van der Waals surface area contributed by atoms with E-state index in [9.17, 15) is 0 Å². The lowest BCUT2D eigenvalue weighted by Gasteiger charge is -2.26. The van der Waals surface area contributed by atoms with Gasteiger partial charge in [-0.15, -0.1) is 34.2 Å². The summed E-state index contributed by atoms with van der Waals surface area (Å²) in [5.41, 5.74) is 0. The highest BCUT2D eigenvalue weighted by Crippen LogP contribution is 2.09. The number of rotatable bonds is 15. The number of aryl methyl sites for hydroxylation is 1. The summed E-state index contributed by atoms with van der Waals surface area (Å²) in [6.07, 6.45) is 10.3. The molecule has 0 unspecified atom stereocenters. The third-order valence-electron chi connectivity index (χ3n) is 5.66. The number of unbranched alkanes of at least 4 members (excludes halogenated alkanes) is 3. The Morgan fingerprint density at radius 2 is 1.81 bits per heavy atom. The molecule has 0 aliphatic carbocycles. The number of morpholine rings is 1. The van der Waals surface area contributed by atoms with Gasteiger partial charge in [-0.25, -0.2) is 0 Å². The third-order valence-corrected chi connectivity index (χ3v) is 5.66. The zero-order chi connectivity index (χ0) is 22.2. The first-order chi connectivity index (χ1) is 15.2. The zero-order valence-electron chi connectivity index (χ0n) is 20.5. The minimum atomic E-state index is 0. The number of ether oxygens (including phenoxy) is 1. The quantitative estimate of drug-likeness (QED) is 0.148. The van der Waals surface area contributed by atoms with Crippen LogP contribution in [-0.4, -0.2) is 78.1 Å². The smallest absolute Gasteiger partial charge is 0.191 e. The fraction of sp³-hybridized carbons (Fsp3) is 0.870. The Hall–Kier alpha value is -0.940. The van der Waals surface area contributed by atoms with Crippen LogP contribution < -0.4 is 10.6 Å². The number of aliphatic imine (C=N–C) groups is 1. The second kappa shape index (κ2) is 18.5. The maximum Gasteiger partial charge on any atom is 0.191 e. The molecule has 32 heavy (non-hydrogen) atoms. The van der Waals surface area contributed by atoms with Crippen LogP contribution in [0.2, 0.25) is 0 Å². The molecule has 1 saturated heterocycles. The molecule has 2 heterocycles. The lowest BCUT2D eigenvalue weighted by atomic mass is 10.0. The van der Waals surface area contributed by atoms with Crippen molar-refractivity contribution in [3.63, 3.8) is 0 Å². The second-order valence-corrected chi connectivity index (χ2v) is 8.78. The van der Waals surface area contributed by atoms with Crippen molar-refractivity contribution >= 4 is 29.9 Å². The van der Waals surface area contributed by atoms with Gasteiger partial charge < -0.3 is 19.9 Å². The molecule has 0 aromatic carbocycles. The molecule has 186 valence electrons. The molecule has 2 N–H and O–H groups in total. The van der Waals surface area contributed by atoms with Crippen LogP contribution in [0.25, 0.3) is 0 Å². The van der Waals surface area contributed by atoms with E-state index >= 15 is 0 Å². The number of nitrogens with one attached hydrogen (secondary N) is 2. The van der Waals surface area contributed by atoms with Crippen LogP contribution in [0.3, 0.4) is 0 Å². The van der Waals surface area contributed by atoms with Gasteiger partial charge in [0.25, 0.3) is 0 Å². The summed E-state index contributed by atoms with van der Waals surface area (Å²) in [4.78, 5) is 7.29. The number of hydrogen-bond acceptors (Lipinski definition) is 5.